The van der Waals surface area contributed by atoms with Crippen molar-refractivity contribution in [2.45, 2.75) is 38.8 Å². The standard InChI is InChI=1S/C20H25NO2/c1-14-7-8-20(9-15(14)2)23-13-19(22)12-21-18-10-16-5-3-4-6-17(16)11-18/h3-9,18-19,21-22H,10-13H2,1-2H3/p+1/t19-/m0/s1. The Morgan fingerprint density at radius 2 is 1.78 bits per heavy atom. The Balaban J connectivity index is 1.42. The molecule has 1 aliphatic carbocycles. The third kappa shape index (κ3) is 4.12. The molecule has 0 unspecified atom stereocenters. The zero-order valence-electron chi connectivity index (χ0n) is 14.0. The van der Waals surface area contributed by atoms with E-state index in [4.69, 9.17) is 4.74 Å². The van der Waals surface area contributed by atoms with Crippen molar-refractivity contribution in [2.24, 2.45) is 0 Å². The molecule has 3 N–H and O–H groups in total. The Hall–Kier alpha value is -1.84. The Bertz CT molecular complexity index is 643. The monoisotopic (exact) mass is 312 g/mol. The molecular weight excluding hydrogens is 286 g/mol. The average Bonchev–Trinajstić information content (AvgIpc) is 2.97. The molecular formula is C20H26NO2+. The fourth-order valence-electron chi connectivity index (χ4n) is 3.17. The molecule has 0 aromatic heterocycles. The lowest BCUT2D eigenvalue weighted by molar-refractivity contribution is -0.693. The van der Waals surface area contributed by atoms with Gasteiger partial charge in [-0.15, -0.1) is 0 Å². The predicted molar refractivity (Wildman–Crippen MR) is 91.8 cm³/mol. The van der Waals surface area contributed by atoms with E-state index in [9.17, 15) is 5.11 Å². The molecule has 2 aromatic carbocycles. The minimum Gasteiger partial charge on any atom is -0.491 e. The summed E-state index contributed by atoms with van der Waals surface area (Å²) in [5.41, 5.74) is 5.38. The van der Waals surface area contributed by atoms with Gasteiger partial charge in [0, 0.05) is 12.8 Å². The van der Waals surface area contributed by atoms with Crippen LogP contribution in [0.5, 0.6) is 5.75 Å². The first-order valence-corrected chi connectivity index (χ1v) is 8.40. The third-order valence-electron chi connectivity index (χ3n) is 4.74. The SMILES string of the molecule is Cc1ccc(OC[C@@H](O)C[NH2+]C2Cc3ccccc3C2)cc1C. The molecule has 0 heterocycles. The molecule has 0 bridgehead atoms. The molecule has 122 valence electrons. The van der Waals surface area contributed by atoms with Crippen LogP contribution in [0.25, 0.3) is 0 Å². The van der Waals surface area contributed by atoms with Crippen LogP contribution in [0.2, 0.25) is 0 Å². The van der Waals surface area contributed by atoms with Crippen molar-refractivity contribution in [3.63, 3.8) is 0 Å². The summed E-state index contributed by atoms with van der Waals surface area (Å²) < 4.78 is 5.71. The van der Waals surface area contributed by atoms with E-state index in [0.29, 0.717) is 19.2 Å². The van der Waals surface area contributed by atoms with Crippen LogP contribution in [0.4, 0.5) is 0 Å². The summed E-state index contributed by atoms with van der Waals surface area (Å²) in [6.45, 7) is 5.19. The molecule has 3 heteroatoms. The minimum atomic E-state index is -0.444. The van der Waals surface area contributed by atoms with Crippen molar-refractivity contribution < 1.29 is 15.2 Å². The first-order valence-electron chi connectivity index (χ1n) is 8.40. The van der Waals surface area contributed by atoms with Gasteiger partial charge in [0.2, 0.25) is 0 Å². The Morgan fingerprint density at radius 3 is 2.43 bits per heavy atom. The van der Waals surface area contributed by atoms with Crippen LogP contribution >= 0.6 is 0 Å². The topological polar surface area (TPSA) is 46.1 Å². The average molecular weight is 312 g/mol. The number of hydrogen-bond acceptors (Lipinski definition) is 2. The maximum absolute atomic E-state index is 10.2. The van der Waals surface area contributed by atoms with Gasteiger partial charge in [0.05, 0.1) is 6.04 Å². The summed E-state index contributed by atoms with van der Waals surface area (Å²) in [6, 6.07) is 15.2. The molecule has 0 saturated carbocycles. The fraction of sp³-hybridized carbons (Fsp3) is 0.400. The predicted octanol–water partition coefficient (Wildman–Crippen LogP) is 1.77. The van der Waals surface area contributed by atoms with E-state index in [1.54, 1.807) is 0 Å². The minimum absolute atomic E-state index is 0.346. The van der Waals surface area contributed by atoms with E-state index in [-0.39, 0.29) is 0 Å². The van der Waals surface area contributed by atoms with E-state index < -0.39 is 6.10 Å². The lowest BCUT2D eigenvalue weighted by atomic mass is 10.1. The molecule has 2 aromatic rings. The van der Waals surface area contributed by atoms with Crippen LogP contribution in [0.1, 0.15) is 22.3 Å². The number of hydrogen-bond donors (Lipinski definition) is 2. The number of rotatable bonds is 6. The van der Waals surface area contributed by atoms with Gasteiger partial charge in [-0.05, 0) is 48.2 Å². The molecule has 0 amide bonds. The highest BCUT2D eigenvalue weighted by Crippen LogP contribution is 2.19. The summed E-state index contributed by atoms with van der Waals surface area (Å²) >= 11 is 0. The zero-order chi connectivity index (χ0) is 16.2. The van der Waals surface area contributed by atoms with Gasteiger partial charge in [-0.1, -0.05) is 30.3 Å². The largest absolute Gasteiger partial charge is 0.491 e. The molecule has 3 rings (SSSR count). The van der Waals surface area contributed by atoms with Gasteiger partial charge < -0.3 is 15.2 Å². The van der Waals surface area contributed by atoms with Crippen molar-refractivity contribution in [1.29, 1.82) is 0 Å². The van der Waals surface area contributed by atoms with Crippen LogP contribution in [-0.4, -0.2) is 30.4 Å². The van der Waals surface area contributed by atoms with Crippen molar-refractivity contribution in [3.05, 3.63) is 64.7 Å². The number of aliphatic hydroxyl groups excluding tert-OH is 1. The molecule has 3 nitrogen and oxygen atoms in total. The second-order valence-corrected chi connectivity index (χ2v) is 6.62. The number of nitrogens with two attached hydrogens (primary N) is 1. The van der Waals surface area contributed by atoms with Gasteiger partial charge in [-0.25, -0.2) is 0 Å². The highest BCUT2D eigenvalue weighted by Gasteiger charge is 2.24. The number of aryl methyl sites for hydroxylation is 2. The normalized spacial score (nSPS) is 15.4. The fourth-order valence-corrected chi connectivity index (χ4v) is 3.17. The Kier molecular flexibility index (Phi) is 4.99. The molecule has 1 atom stereocenters. The molecule has 0 aliphatic heterocycles. The van der Waals surface area contributed by atoms with E-state index in [0.717, 1.165) is 18.6 Å². The quantitative estimate of drug-likeness (QED) is 0.854. The van der Waals surface area contributed by atoms with Crippen molar-refractivity contribution in [2.75, 3.05) is 13.2 Å². The van der Waals surface area contributed by atoms with Gasteiger partial charge in [0.25, 0.3) is 0 Å². The molecule has 0 saturated heterocycles. The first kappa shape index (κ1) is 16.0. The van der Waals surface area contributed by atoms with Crippen molar-refractivity contribution in [3.8, 4) is 5.75 Å². The second kappa shape index (κ2) is 7.16. The summed E-state index contributed by atoms with van der Waals surface area (Å²) in [4.78, 5) is 0. The van der Waals surface area contributed by atoms with Gasteiger partial charge >= 0.3 is 0 Å². The second-order valence-electron chi connectivity index (χ2n) is 6.62. The van der Waals surface area contributed by atoms with E-state index in [1.165, 1.54) is 22.3 Å². The molecule has 23 heavy (non-hydrogen) atoms. The zero-order valence-corrected chi connectivity index (χ0v) is 14.0. The third-order valence-corrected chi connectivity index (χ3v) is 4.74. The lowest BCUT2D eigenvalue weighted by Crippen LogP contribution is -2.92. The number of ether oxygens (including phenoxy) is 1. The number of fused-ring (bicyclic) bond motifs is 1. The van der Waals surface area contributed by atoms with E-state index in [2.05, 4.69) is 49.5 Å². The maximum Gasteiger partial charge on any atom is 0.137 e. The van der Waals surface area contributed by atoms with Gasteiger partial charge in [0.15, 0.2) is 0 Å². The van der Waals surface area contributed by atoms with E-state index >= 15 is 0 Å². The Labute approximate surface area is 138 Å². The van der Waals surface area contributed by atoms with Crippen LogP contribution in [0.15, 0.2) is 42.5 Å². The summed E-state index contributed by atoms with van der Waals surface area (Å²) in [5.74, 6) is 0.834. The first-order chi connectivity index (χ1) is 11.1. The number of benzene rings is 2. The van der Waals surface area contributed by atoms with E-state index in [1.807, 2.05) is 12.1 Å². The maximum atomic E-state index is 10.2. The molecule has 1 aliphatic rings. The van der Waals surface area contributed by atoms with Crippen molar-refractivity contribution in [1.82, 2.24) is 0 Å². The molecule has 0 spiro atoms. The summed E-state index contributed by atoms with van der Waals surface area (Å²) in [6.07, 6.45) is 1.75. The molecule has 0 fully saturated rings. The highest BCUT2D eigenvalue weighted by atomic mass is 16.5. The number of quaternary nitrogens is 1. The molecule has 0 radical (unpaired) electrons. The smallest absolute Gasteiger partial charge is 0.137 e. The van der Waals surface area contributed by atoms with Crippen LogP contribution < -0.4 is 10.1 Å². The highest BCUT2D eigenvalue weighted by molar-refractivity contribution is 5.34. The van der Waals surface area contributed by atoms with Gasteiger partial charge in [-0.2, -0.15) is 0 Å². The van der Waals surface area contributed by atoms with Crippen molar-refractivity contribution >= 4 is 0 Å². The lowest BCUT2D eigenvalue weighted by Gasteiger charge is -2.15. The van der Waals surface area contributed by atoms with Crippen LogP contribution in [0.3, 0.4) is 0 Å². The Morgan fingerprint density at radius 1 is 1.09 bits per heavy atom. The summed E-state index contributed by atoms with van der Waals surface area (Å²) in [7, 11) is 0. The van der Waals surface area contributed by atoms with Crippen LogP contribution in [-0.2, 0) is 12.8 Å². The van der Waals surface area contributed by atoms with Gasteiger partial charge in [-0.3, -0.25) is 0 Å². The number of aliphatic hydroxyl groups is 1. The van der Waals surface area contributed by atoms with Crippen LogP contribution in [0, 0.1) is 13.8 Å². The summed E-state index contributed by atoms with van der Waals surface area (Å²) in [5, 5.41) is 12.4. The van der Waals surface area contributed by atoms with Gasteiger partial charge in [0.1, 0.15) is 25.0 Å².